The number of thioether (sulfide) groups is 1. The highest BCUT2D eigenvalue weighted by atomic mass is 32.2. The fourth-order valence-electron chi connectivity index (χ4n) is 2.09. The zero-order valence-electron chi connectivity index (χ0n) is 14.2. The van der Waals surface area contributed by atoms with Crippen LogP contribution in [0.15, 0.2) is 35.6 Å². The molecule has 0 spiro atoms. The van der Waals surface area contributed by atoms with Crippen LogP contribution < -0.4 is 14.8 Å². The Morgan fingerprint density at radius 1 is 1.25 bits per heavy atom. The molecule has 0 aliphatic rings. The fraction of sp³-hybridized carbons (Fsp3) is 0.353. The number of rotatable bonds is 7. The van der Waals surface area contributed by atoms with Crippen LogP contribution in [0.25, 0.3) is 0 Å². The molecule has 1 unspecified atom stereocenters. The maximum atomic E-state index is 12.6. The second-order valence-electron chi connectivity index (χ2n) is 5.07. The topological polar surface area (TPSA) is 73.3 Å². The van der Waals surface area contributed by atoms with Gasteiger partial charge in [-0.25, -0.2) is 9.97 Å². The van der Waals surface area contributed by atoms with E-state index in [4.69, 9.17) is 9.47 Å². The number of ether oxygens (including phenoxy) is 2. The highest BCUT2D eigenvalue weighted by Crippen LogP contribution is 2.31. The molecule has 0 bridgehead atoms. The number of carbonyl (C=O) groups excluding carboxylic acids is 1. The molecule has 1 heterocycles. The third kappa shape index (κ3) is 4.61. The molecule has 1 aromatic carbocycles. The summed E-state index contributed by atoms with van der Waals surface area (Å²) in [5.74, 6) is 1.13. The zero-order valence-corrected chi connectivity index (χ0v) is 15.0. The Labute approximate surface area is 146 Å². The molecule has 0 radical (unpaired) electrons. The number of aromatic nitrogens is 2. The highest BCUT2D eigenvalue weighted by molar-refractivity contribution is 8.00. The van der Waals surface area contributed by atoms with Gasteiger partial charge in [0.2, 0.25) is 5.91 Å². The lowest BCUT2D eigenvalue weighted by atomic mass is 10.2. The van der Waals surface area contributed by atoms with Gasteiger partial charge in [-0.3, -0.25) is 4.79 Å². The van der Waals surface area contributed by atoms with Crippen molar-refractivity contribution in [1.82, 2.24) is 9.97 Å². The number of nitrogens with zero attached hydrogens (tertiary/aromatic N) is 2. The van der Waals surface area contributed by atoms with Gasteiger partial charge in [-0.05, 0) is 31.5 Å². The van der Waals surface area contributed by atoms with Crippen LogP contribution in [0.1, 0.15) is 19.0 Å². The van der Waals surface area contributed by atoms with Gasteiger partial charge in [0.15, 0.2) is 0 Å². The van der Waals surface area contributed by atoms with Crippen molar-refractivity contribution in [2.45, 2.75) is 30.5 Å². The predicted octanol–water partition coefficient (Wildman–Crippen LogP) is 3.31. The van der Waals surface area contributed by atoms with E-state index in [0.717, 1.165) is 10.7 Å². The lowest BCUT2D eigenvalue weighted by Gasteiger charge is -2.16. The quantitative estimate of drug-likeness (QED) is 0.612. The standard InChI is InChI=1S/C17H21N3O3S/c1-5-15(24-16-8-11(2)18-10-19-16)17(21)20-13-9-12(22-3)6-7-14(13)23-4/h6-10,15H,5H2,1-4H3,(H,20,21). The number of methoxy groups -OCH3 is 2. The van der Waals surface area contributed by atoms with Crippen LogP contribution in [0, 0.1) is 6.92 Å². The summed E-state index contributed by atoms with van der Waals surface area (Å²) in [6.45, 7) is 3.86. The van der Waals surface area contributed by atoms with Gasteiger partial charge >= 0.3 is 0 Å². The Bertz CT molecular complexity index is 709. The van der Waals surface area contributed by atoms with E-state index in [1.165, 1.54) is 18.1 Å². The first-order valence-corrected chi connectivity index (χ1v) is 8.43. The number of hydrogen-bond acceptors (Lipinski definition) is 6. The summed E-state index contributed by atoms with van der Waals surface area (Å²) in [4.78, 5) is 20.9. The van der Waals surface area contributed by atoms with Gasteiger partial charge in [-0.2, -0.15) is 0 Å². The summed E-state index contributed by atoms with van der Waals surface area (Å²) < 4.78 is 10.5. The maximum absolute atomic E-state index is 12.6. The maximum Gasteiger partial charge on any atom is 0.238 e. The second-order valence-corrected chi connectivity index (χ2v) is 6.29. The van der Waals surface area contributed by atoms with E-state index in [2.05, 4.69) is 15.3 Å². The van der Waals surface area contributed by atoms with Crippen LogP contribution in [-0.4, -0.2) is 35.3 Å². The van der Waals surface area contributed by atoms with E-state index in [1.807, 2.05) is 19.9 Å². The molecule has 24 heavy (non-hydrogen) atoms. The van der Waals surface area contributed by atoms with Crippen molar-refractivity contribution in [1.29, 1.82) is 0 Å². The Kier molecular flexibility index (Phi) is 6.43. The van der Waals surface area contributed by atoms with Crippen molar-refractivity contribution in [3.63, 3.8) is 0 Å². The number of nitrogens with one attached hydrogen (secondary N) is 1. The normalized spacial score (nSPS) is 11.7. The fourth-order valence-corrected chi connectivity index (χ4v) is 3.06. The van der Waals surface area contributed by atoms with Crippen molar-refractivity contribution in [2.24, 2.45) is 0 Å². The minimum atomic E-state index is -0.268. The van der Waals surface area contributed by atoms with E-state index < -0.39 is 0 Å². The first-order valence-electron chi connectivity index (χ1n) is 7.55. The predicted molar refractivity (Wildman–Crippen MR) is 94.9 cm³/mol. The van der Waals surface area contributed by atoms with Gasteiger partial charge in [-0.1, -0.05) is 18.7 Å². The van der Waals surface area contributed by atoms with Gasteiger partial charge in [0.05, 0.1) is 25.2 Å². The molecular weight excluding hydrogens is 326 g/mol. The van der Waals surface area contributed by atoms with Crippen LogP contribution in [0.3, 0.4) is 0 Å². The molecule has 0 saturated heterocycles. The van der Waals surface area contributed by atoms with Crippen molar-refractivity contribution < 1.29 is 14.3 Å². The van der Waals surface area contributed by atoms with E-state index in [0.29, 0.717) is 23.6 Å². The SMILES string of the molecule is CCC(Sc1cc(C)ncn1)C(=O)Nc1cc(OC)ccc1OC. The lowest BCUT2D eigenvalue weighted by Crippen LogP contribution is -2.25. The molecule has 7 heteroatoms. The molecular formula is C17H21N3O3S. The Morgan fingerprint density at radius 3 is 2.67 bits per heavy atom. The molecule has 128 valence electrons. The van der Waals surface area contributed by atoms with E-state index in [1.54, 1.807) is 32.4 Å². The molecule has 1 amide bonds. The first kappa shape index (κ1) is 18.1. The van der Waals surface area contributed by atoms with Crippen LogP contribution >= 0.6 is 11.8 Å². The van der Waals surface area contributed by atoms with E-state index in [-0.39, 0.29) is 11.2 Å². The van der Waals surface area contributed by atoms with Gasteiger partial charge in [0.25, 0.3) is 0 Å². The summed E-state index contributed by atoms with van der Waals surface area (Å²) in [5.41, 5.74) is 1.46. The lowest BCUT2D eigenvalue weighted by molar-refractivity contribution is -0.115. The third-order valence-electron chi connectivity index (χ3n) is 3.37. The number of hydrogen-bond donors (Lipinski definition) is 1. The highest BCUT2D eigenvalue weighted by Gasteiger charge is 2.20. The van der Waals surface area contributed by atoms with Crippen molar-refractivity contribution in [2.75, 3.05) is 19.5 Å². The van der Waals surface area contributed by atoms with Gasteiger partial charge in [0.1, 0.15) is 22.9 Å². The second kappa shape index (κ2) is 8.54. The van der Waals surface area contributed by atoms with Gasteiger partial charge in [0, 0.05) is 11.8 Å². The van der Waals surface area contributed by atoms with Crippen LogP contribution in [0.4, 0.5) is 5.69 Å². The van der Waals surface area contributed by atoms with Crippen LogP contribution in [-0.2, 0) is 4.79 Å². The van der Waals surface area contributed by atoms with Gasteiger partial charge in [-0.15, -0.1) is 0 Å². The third-order valence-corrected chi connectivity index (χ3v) is 4.67. The Hall–Kier alpha value is -2.28. The molecule has 0 aliphatic heterocycles. The molecule has 0 saturated carbocycles. The van der Waals surface area contributed by atoms with E-state index in [9.17, 15) is 4.79 Å². The Morgan fingerprint density at radius 2 is 2.04 bits per heavy atom. The van der Waals surface area contributed by atoms with Crippen molar-refractivity contribution >= 4 is 23.4 Å². The smallest absolute Gasteiger partial charge is 0.238 e. The number of benzene rings is 1. The van der Waals surface area contributed by atoms with Crippen LogP contribution in [0.5, 0.6) is 11.5 Å². The average Bonchev–Trinajstić information content (AvgIpc) is 2.59. The molecule has 1 N–H and O–H groups in total. The van der Waals surface area contributed by atoms with Crippen molar-refractivity contribution in [3.8, 4) is 11.5 Å². The number of anilines is 1. The number of amides is 1. The summed E-state index contributed by atoms with van der Waals surface area (Å²) in [5, 5.41) is 3.43. The molecule has 2 rings (SSSR count). The minimum Gasteiger partial charge on any atom is -0.497 e. The summed E-state index contributed by atoms with van der Waals surface area (Å²) in [7, 11) is 3.14. The van der Waals surface area contributed by atoms with Crippen molar-refractivity contribution in [3.05, 3.63) is 36.3 Å². The summed E-state index contributed by atoms with van der Waals surface area (Å²) in [6, 6.07) is 7.15. The molecule has 1 atom stereocenters. The van der Waals surface area contributed by atoms with Gasteiger partial charge < -0.3 is 14.8 Å². The molecule has 2 aromatic rings. The monoisotopic (exact) mass is 347 g/mol. The number of aryl methyl sites for hydroxylation is 1. The molecule has 0 aliphatic carbocycles. The van der Waals surface area contributed by atoms with E-state index >= 15 is 0 Å². The first-order chi connectivity index (χ1) is 11.6. The molecule has 6 nitrogen and oxygen atoms in total. The zero-order chi connectivity index (χ0) is 17.5. The number of carbonyl (C=O) groups is 1. The average molecular weight is 347 g/mol. The Balaban J connectivity index is 2.14. The summed E-state index contributed by atoms with van der Waals surface area (Å²) in [6.07, 6.45) is 2.18. The largest absolute Gasteiger partial charge is 0.497 e. The molecule has 0 fully saturated rings. The van der Waals surface area contributed by atoms with Crippen LogP contribution in [0.2, 0.25) is 0 Å². The minimum absolute atomic E-state index is 0.106. The molecule has 1 aromatic heterocycles. The summed E-state index contributed by atoms with van der Waals surface area (Å²) >= 11 is 1.42.